The van der Waals surface area contributed by atoms with Crippen molar-refractivity contribution in [3.8, 4) is 0 Å². The van der Waals surface area contributed by atoms with Gasteiger partial charge >= 0.3 is 0 Å². The maximum atomic E-state index is 10.7. The molecule has 0 saturated carbocycles. The van der Waals surface area contributed by atoms with Gasteiger partial charge in [-0.1, -0.05) is 126 Å². The molecule has 40 heavy (non-hydrogen) atoms. The molecule has 4 atom stereocenters. The zero-order chi connectivity index (χ0) is 29.1. The average molecular weight is 557 g/mol. The van der Waals surface area contributed by atoms with E-state index in [9.17, 15) is 9.90 Å². The van der Waals surface area contributed by atoms with Gasteiger partial charge in [-0.3, -0.25) is 4.79 Å². The number of carbonyl (C=O) groups excluding carboxylic acids is 1. The Kier molecular flexibility index (Phi) is 16.8. The van der Waals surface area contributed by atoms with Crippen molar-refractivity contribution in [1.82, 2.24) is 0 Å². The third kappa shape index (κ3) is 14.3. The van der Waals surface area contributed by atoms with Gasteiger partial charge in [0, 0.05) is 0 Å². The van der Waals surface area contributed by atoms with E-state index in [0.29, 0.717) is 19.0 Å². The van der Waals surface area contributed by atoms with E-state index in [2.05, 4.69) is 44.7 Å². The summed E-state index contributed by atoms with van der Waals surface area (Å²) in [5.41, 5.74) is 1.49. The fourth-order valence-electron chi connectivity index (χ4n) is 6.31. The van der Waals surface area contributed by atoms with Gasteiger partial charge in [-0.25, -0.2) is 0 Å². The number of unbranched alkanes of at least 4 members (excludes halogenated alkanes) is 13. The molecule has 2 rings (SSSR count). The molecule has 1 fully saturated rings. The zero-order valence-corrected chi connectivity index (χ0v) is 26.1. The Morgan fingerprint density at radius 3 is 2.15 bits per heavy atom. The molecular weight excluding hydrogens is 496 g/mol. The molecule has 0 aromatic rings. The minimum absolute atomic E-state index is 0.0814. The Balaban J connectivity index is 1.66. The summed E-state index contributed by atoms with van der Waals surface area (Å²) in [6.45, 7) is 11.7. The molecule has 0 spiro atoms. The molecule has 0 radical (unpaired) electrons. The van der Waals surface area contributed by atoms with Crippen molar-refractivity contribution >= 4 is 6.47 Å². The SMILES string of the molecule is C=C1C/C=C\[C@@](C)(O)CCC2C[C@](/C=C/C=C(C)C)(CCCCCCCCCCCCCCCCOC=O)OC12. The highest BCUT2D eigenvalue weighted by molar-refractivity contribution is 5.36. The summed E-state index contributed by atoms with van der Waals surface area (Å²) in [4.78, 5) is 10.1. The number of hydrogen-bond donors (Lipinski definition) is 1. The Morgan fingerprint density at radius 2 is 1.57 bits per heavy atom. The predicted molar refractivity (Wildman–Crippen MR) is 168 cm³/mol. The van der Waals surface area contributed by atoms with Crippen LogP contribution in [0.25, 0.3) is 0 Å². The van der Waals surface area contributed by atoms with Gasteiger partial charge in [0.25, 0.3) is 6.47 Å². The van der Waals surface area contributed by atoms with Crippen LogP contribution in [0.3, 0.4) is 0 Å². The lowest BCUT2D eigenvalue weighted by Crippen LogP contribution is -2.27. The van der Waals surface area contributed by atoms with Gasteiger partial charge in [0.05, 0.1) is 23.9 Å². The minimum atomic E-state index is -0.743. The second kappa shape index (κ2) is 19.5. The average Bonchev–Trinajstić information content (AvgIpc) is 3.29. The first-order valence-electron chi connectivity index (χ1n) is 16.4. The molecule has 2 unspecified atom stereocenters. The lowest BCUT2D eigenvalue weighted by Gasteiger charge is -2.27. The number of aliphatic hydroxyl groups is 1. The third-order valence-corrected chi connectivity index (χ3v) is 8.69. The molecule has 1 aliphatic heterocycles. The van der Waals surface area contributed by atoms with E-state index in [1.165, 1.54) is 89.0 Å². The van der Waals surface area contributed by atoms with Crippen LogP contribution in [0, 0.1) is 5.92 Å². The van der Waals surface area contributed by atoms with Crippen LogP contribution >= 0.6 is 0 Å². The molecule has 4 heteroatoms. The van der Waals surface area contributed by atoms with Crippen molar-refractivity contribution in [2.24, 2.45) is 5.92 Å². The molecular formula is C36H60O4. The lowest BCUT2D eigenvalue weighted by atomic mass is 9.82. The van der Waals surface area contributed by atoms with E-state index in [1.807, 2.05) is 13.0 Å². The van der Waals surface area contributed by atoms with Crippen molar-refractivity contribution in [3.63, 3.8) is 0 Å². The van der Waals surface area contributed by atoms with Crippen molar-refractivity contribution in [2.45, 2.75) is 160 Å². The Morgan fingerprint density at radius 1 is 1.00 bits per heavy atom. The van der Waals surface area contributed by atoms with Crippen molar-refractivity contribution < 1.29 is 19.4 Å². The number of carbonyl (C=O) groups is 1. The summed E-state index contributed by atoms with van der Waals surface area (Å²) in [5.74, 6) is 0.415. The molecule has 0 aromatic carbocycles. The number of hydrogen-bond acceptors (Lipinski definition) is 4. The fourth-order valence-corrected chi connectivity index (χ4v) is 6.31. The molecule has 1 heterocycles. The van der Waals surface area contributed by atoms with Gasteiger partial charge in [-0.2, -0.15) is 0 Å². The van der Waals surface area contributed by atoms with E-state index in [0.717, 1.165) is 44.1 Å². The van der Waals surface area contributed by atoms with Gasteiger partial charge in [-0.05, 0) is 70.8 Å². The van der Waals surface area contributed by atoms with Crippen LogP contribution in [-0.2, 0) is 14.3 Å². The van der Waals surface area contributed by atoms with Gasteiger partial charge < -0.3 is 14.6 Å². The summed E-state index contributed by atoms with van der Waals surface area (Å²) in [5, 5.41) is 10.7. The van der Waals surface area contributed by atoms with E-state index in [-0.39, 0.29) is 11.7 Å². The summed E-state index contributed by atoms with van der Waals surface area (Å²) < 4.78 is 11.6. The molecule has 4 nitrogen and oxygen atoms in total. The number of allylic oxidation sites excluding steroid dienone is 4. The fraction of sp³-hybridized carbons (Fsp3) is 0.750. The Bertz CT molecular complexity index is 804. The standard InChI is InChI=1S/C36H60O4/c1-31(2)21-19-26-36(29-33-23-27-35(4,38)24-20-22-32(3)34(33)40-36)25-17-15-13-11-9-7-5-6-8-10-12-14-16-18-28-39-30-37/h19-21,24,26,30,33-34,38H,3,5-18,22-23,25,27-29H2,1-2,4H3/b24-20-,26-19+/t33?,34?,35-,36-/m1/s1. The molecule has 0 bridgehead atoms. The first-order valence-corrected chi connectivity index (χ1v) is 16.4. The molecule has 1 aliphatic carbocycles. The molecule has 1 N–H and O–H groups in total. The molecule has 2 aliphatic rings. The highest BCUT2D eigenvalue weighted by Gasteiger charge is 2.45. The normalized spacial score (nSPS) is 27.6. The van der Waals surface area contributed by atoms with Crippen LogP contribution < -0.4 is 0 Å². The van der Waals surface area contributed by atoms with Crippen molar-refractivity contribution in [1.29, 1.82) is 0 Å². The van der Waals surface area contributed by atoms with Crippen LogP contribution in [0.1, 0.15) is 143 Å². The summed E-state index contributed by atoms with van der Waals surface area (Å²) in [6.07, 6.45) is 33.4. The van der Waals surface area contributed by atoms with E-state index in [1.54, 1.807) is 0 Å². The van der Waals surface area contributed by atoms with Crippen LogP contribution in [0.5, 0.6) is 0 Å². The smallest absolute Gasteiger partial charge is 0.293 e. The zero-order valence-electron chi connectivity index (χ0n) is 26.1. The Hall–Kier alpha value is -1.65. The van der Waals surface area contributed by atoms with E-state index >= 15 is 0 Å². The summed E-state index contributed by atoms with van der Waals surface area (Å²) >= 11 is 0. The molecule has 1 saturated heterocycles. The number of rotatable bonds is 20. The highest BCUT2D eigenvalue weighted by atomic mass is 16.5. The second-order valence-corrected chi connectivity index (χ2v) is 13.0. The second-order valence-electron chi connectivity index (χ2n) is 13.0. The van der Waals surface area contributed by atoms with E-state index < -0.39 is 5.60 Å². The number of ether oxygens (including phenoxy) is 2. The van der Waals surface area contributed by atoms with Crippen LogP contribution in [0.2, 0.25) is 0 Å². The van der Waals surface area contributed by atoms with Gasteiger partial charge in [-0.15, -0.1) is 0 Å². The van der Waals surface area contributed by atoms with Crippen LogP contribution in [0.15, 0.2) is 48.1 Å². The third-order valence-electron chi connectivity index (χ3n) is 8.69. The van der Waals surface area contributed by atoms with Crippen molar-refractivity contribution in [3.05, 3.63) is 48.1 Å². The maximum Gasteiger partial charge on any atom is 0.293 e. The van der Waals surface area contributed by atoms with Gasteiger partial charge in [0.1, 0.15) is 0 Å². The Labute approximate surface area is 246 Å². The van der Waals surface area contributed by atoms with E-state index in [4.69, 9.17) is 9.47 Å². The first kappa shape index (κ1) is 34.6. The predicted octanol–water partition coefficient (Wildman–Crippen LogP) is 9.72. The van der Waals surface area contributed by atoms with Gasteiger partial charge in [0.15, 0.2) is 0 Å². The largest absolute Gasteiger partial charge is 0.468 e. The van der Waals surface area contributed by atoms with Gasteiger partial charge in [0.2, 0.25) is 0 Å². The summed E-state index contributed by atoms with van der Waals surface area (Å²) in [6, 6.07) is 0. The minimum Gasteiger partial charge on any atom is -0.468 e. The maximum absolute atomic E-state index is 10.7. The lowest BCUT2D eigenvalue weighted by molar-refractivity contribution is -0.128. The highest BCUT2D eigenvalue weighted by Crippen LogP contribution is 2.46. The summed E-state index contributed by atoms with van der Waals surface area (Å²) in [7, 11) is 0. The number of fused-ring (bicyclic) bond motifs is 1. The molecule has 228 valence electrons. The van der Waals surface area contributed by atoms with Crippen LogP contribution in [-0.4, -0.2) is 35.5 Å². The molecule has 0 amide bonds. The quantitative estimate of drug-likeness (QED) is 0.0702. The topological polar surface area (TPSA) is 55.8 Å². The first-order chi connectivity index (χ1) is 19.3. The molecule has 0 aromatic heterocycles. The van der Waals surface area contributed by atoms with Crippen molar-refractivity contribution in [2.75, 3.05) is 6.61 Å². The van der Waals surface area contributed by atoms with Crippen LogP contribution in [0.4, 0.5) is 0 Å². The monoisotopic (exact) mass is 556 g/mol.